The standard InChI is InChI=1S/C12H19NO4S/c1-6(2)9(12(16)17-4)13-10(15)8(7(3)14)11(13)18-5/h7-8,11,14H,1-5H3/t7?,8-,11+/m0/s1. The van der Waals surface area contributed by atoms with Gasteiger partial charge in [0.2, 0.25) is 5.91 Å². The molecule has 1 aliphatic heterocycles. The zero-order chi connectivity index (χ0) is 14.0. The Morgan fingerprint density at radius 2 is 2.06 bits per heavy atom. The average molecular weight is 273 g/mol. The maximum absolute atomic E-state index is 12.0. The Morgan fingerprint density at radius 3 is 2.39 bits per heavy atom. The smallest absolute Gasteiger partial charge is 0.354 e. The highest BCUT2D eigenvalue weighted by molar-refractivity contribution is 7.99. The molecular weight excluding hydrogens is 254 g/mol. The van der Waals surface area contributed by atoms with Crippen LogP contribution in [0.25, 0.3) is 0 Å². The van der Waals surface area contributed by atoms with Gasteiger partial charge in [0, 0.05) is 0 Å². The molecule has 6 heteroatoms. The van der Waals surface area contributed by atoms with Crippen LogP contribution >= 0.6 is 11.8 Å². The summed E-state index contributed by atoms with van der Waals surface area (Å²) in [5.74, 6) is -1.21. The fraction of sp³-hybridized carbons (Fsp3) is 0.667. The van der Waals surface area contributed by atoms with E-state index >= 15 is 0 Å². The molecular formula is C12H19NO4S. The summed E-state index contributed by atoms with van der Waals surface area (Å²) in [4.78, 5) is 25.2. The molecule has 0 aromatic rings. The van der Waals surface area contributed by atoms with Crippen LogP contribution < -0.4 is 0 Å². The first-order valence-corrected chi connectivity index (χ1v) is 6.95. The fourth-order valence-corrected chi connectivity index (χ4v) is 3.12. The first kappa shape index (κ1) is 15.0. The van der Waals surface area contributed by atoms with Crippen LogP contribution in [-0.4, -0.2) is 46.7 Å². The van der Waals surface area contributed by atoms with Gasteiger partial charge in [0.05, 0.1) is 24.5 Å². The lowest BCUT2D eigenvalue weighted by molar-refractivity contribution is -0.158. The van der Waals surface area contributed by atoms with E-state index in [9.17, 15) is 14.7 Å². The third kappa shape index (κ3) is 2.40. The summed E-state index contributed by atoms with van der Waals surface area (Å²) in [6.45, 7) is 5.10. The van der Waals surface area contributed by atoms with Crippen LogP contribution in [0.15, 0.2) is 11.3 Å². The number of allylic oxidation sites excluding steroid dienone is 1. The second-order valence-electron chi connectivity index (χ2n) is 4.44. The summed E-state index contributed by atoms with van der Waals surface area (Å²) in [6, 6.07) is 0. The number of amides is 1. The van der Waals surface area contributed by atoms with Crippen molar-refractivity contribution >= 4 is 23.6 Å². The summed E-state index contributed by atoms with van der Waals surface area (Å²) in [5.41, 5.74) is 0.997. The highest BCUT2D eigenvalue weighted by Crippen LogP contribution is 2.39. The molecule has 0 bridgehead atoms. The van der Waals surface area contributed by atoms with Gasteiger partial charge in [0.15, 0.2) is 0 Å². The van der Waals surface area contributed by atoms with Gasteiger partial charge in [-0.2, -0.15) is 0 Å². The van der Waals surface area contributed by atoms with E-state index in [4.69, 9.17) is 4.74 Å². The minimum atomic E-state index is -0.720. The molecule has 0 aliphatic carbocycles. The minimum Gasteiger partial charge on any atom is -0.464 e. The molecule has 0 aromatic heterocycles. The number of aliphatic hydroxyl groups is 1. The predicted molar refractivity (Wildman–Crippen MR) is 69.7 cm³/mol. The van der Waals surface area contributed by atoms with Crippen molar-refractivity contribution in [3.05, 3.63) is 11.3 Å². The van der Waals surface area contributed by atoms with E-state index in [1.165, 1.54) is 23.8 Å². The lowest BCUT2D eigenvalue weighted by Crippen LogP contribution is -2.62. The number of thioether (sulfide) groups is 1. The van der Waals surface area contributed by atoms with Crippen molar-refractivity contribution in [2.45, 2.75) is 32.2 Å². The molecule has 0 saturated carbocycles. The van der Waals surface area contributed by atoms with Gasteiger partial charge in [-0.05, 0) is 32.6 Å². The van der Waals surface area contributed by atoms with Gasteiger partial charge in [0.1, 0.15) is 5.70 Å². The Morgan fingerprint density at radius 1 is 1.50 bits per heavy atom. The topological polar surface area (TPSA) is 66.8 Å². The van der Waals surface area contributed by atoms with E-state index in [1.807, 2.05) is 6.26 Å². The van der Waals surface area contributed by atoms with Crippen molar-refractivity contribution in [2.75, 3.05) is 13.4 Å². The van der Waals surface area contributed by atoms with Gasteiger partial charge in [-0.25, -0.2) is 4.79 Å². The Bertz CT molecular complexity index is 388. The monoisotopic (exact) mass is 273 g/mol. The third-order valence-electron chi connectivity index (χ3n) is 2.94. The van der Waals surface area contributed by atoms with Crippen LogP contribution in [0.2, 0.25) is 0 Å². The van der Waals surface area contributed by atoms with E-state index in [0.29, 0.717) is 0 Å². The second-order valence-corrected chi connectivity index (χ2v) is 5.40. The van der Waals surface area contributed by atoms with Gasteiger partial charge in [-0.1, -0.05) is 0 Å². The van der Waals surface area contributed by atoms with E-state index in [0.717, 1.165) is 5.57 Å². The fourth-order valence-electron chi connectivity index (χ4n) is 2.06. The number of β-lactam (4-membered cyclic amide) rings is 1. The Hall–Kier alpha value is -1.01. The van der Waals surface area contributed by atoms with Crippen LogP contribution in [0, 0.1) is 5.92 Å². The number of carbonyl (C=O) groups excluding carboxylic acids is 2. The van der Waals surface area contributed by atoms with Crippen molar-refractivity contribution in [1.29, 1.82) is 0 Å². The van der Waals surface area contributed by atoms with Crippen molar-refractivity contribution in [2.24, 2.45) is 5.92 Å². The van der Waals surface area contributed by atoms with Crippen molar-refractivity contribution < 1.29 is 19.4 Å². The van der Waals surface area contributed by atoms with E-state index in [1.54, 1.807) is 20.8 Å². The molecule has 0 radical (unpaired) electrons. The lowest BCUT2D eigenvalue weighted by Gasteiger charge is -2.47. The normalized spacial score (nSPS) is 24.3. The predicted octanol–water partition coefficient (Wildman–Crippen LogP) is 0.982. The second kappa shape index (κ2) is 5.75. The summed E-state index contributed by atoms with van der Waals surface area (Å²) in [5, 5.41) is 9.36. The first-order valence-electron chi connectivity index (χ1n) is 5.66. The molecule has 3 atom stereocenters. The molecule has 0 aromatic carbocycles. The SMILES string of the molecule is COC(=O)C(=C(C)C)N1C(=O)[C@H](C(C)O)[C@H]1SC. The molecule has 102 valence electrons. The number of aliphatic hydroxyl groups excluding tert-OH is 1. The van der Waals surface area contributed by atoms with Crippen molar-refractivity contribution in [3.8, 4) is 0 Å². The Labute approximate surface area is 111 Å². The molecule has 0 spiro atoms. The maximum Gasteiger partial charge on any atom is 0.354 e. The van der Waals surface area contributed by atoms with Crippen LogP contribution in [0.5, 0.6) is 0 Å². The molecule has 1 aliphatic rings. The molecule has 5 nitrogen and oxygen atoms in total. The van der Waals surface area contributed by atoms with Crippen LogP contribution in [-0.2, 0) is 14.3 Å². The number of esters is 1. The maximum atomic E-state index is 12.0. The molecule has 1 saturated heterocycles. The van der Waals surface area contributed by atoms with Gasteiger partial charge in [-0.15, -0.1) is 11.8 Å². The first-order chi connectivity index (χ1) is 8.36. The summed E-state index contributed by atoms with van der Waals surface area (Å²) in [7, 11) is 1.29. The number of carbonyl (C=O) groups is 2. The summed E-state index contributed by atoms with van der Waals surface area (Å²) >= 11 is 1.44. The molecule has 18 heavy (non-hydrogen) atoms. The number of likely N-dealkylation sites (tertiary alicyclic amines) is 1. The van der Waals surface area contributed by atoms with Crippen LogP contribution in [0.4, 0.5) is 0 Å². The number of hydrogen-bond donors (Lipinski definition) is 1. The highest BCUT2D eigenvalue weighted by Gasteiger charge is 2.52. The molecule has 1 N–H and O–H groups in total. The Kier molecular flexibility index (Phi) is 4.81. The molecule has 1 fully saturated rings. The highest BCUT2D eigenvalue weighted by atomic mass is 32.2. The quantitative estimate of drug-likeness (QED) is 0.470. The molecule has 1 heterocycles. The van der Waals surface area contributed by atoms with Crippen LogP contribution in [0.1, 0.15) is 20.8 Å². The number of ether oxygens (including phenoxy) is 1. The summed E-state index contributed by atoms with van der Waals surface area (Å²) in [6.07, 6.45) is 1.13. The number of nitrogens with zero attached hydrogens (tertiary/aromatic N) is 1. The summed E-state index contributed by atoms with van der Waals surface area (Å²) < 4.78 is 4.70. The molecule has 1 unspecified atom stereocenters. The van der Waals surface area contributed by atoms with Gasteiger partial charge in [0.25, 0.3) is 0 Å². The third-order valence-corrected chi connectivity index (χ3v) is 3.93. The van der Waals surface area contributed by atoms with E-state index in [-0.39, 0.29) is 17.0 Å². The lowest BCUT2D eigenvalue weighted by atomic mass is 9.91. The molecule has 1 rings (SSSR count). The number of methoxy groups -OCH3 is 1. The zero-order valence-corrected chi connectivity index (χ0v) is 12.1. The van der Waals surface area contributed by atoms with Crippen molar-refractivity contribution in [1.82, 2.24) is 4.90 Å². The van der Waals surface area contributed by atoms with Gasteiger partial charge < -0.3 is 9.84 Å². The van der Waals surface area contributed by atoms with E-state index in [2.05, 4.69) is 0 Å². The van der Waals surface area contributed by atoms with Crippen molar-refractivity contribution in [3.63, 3.8) is 0 Å². The van der Waals surface area contributed by atoms with Crippen LogP contribution in [0.3, 0.4) is 0 Å². The van der Waals surface area contributed by atoms with Gasteiger partial charge in [-0.3, -0.25) is 9.69 Å². The number of rotatable bonds is 4. The molecule has 1 amide bonds. The van der Waals surface area contributed by atoms with Gasteiger partial charge >= 0.3 is 5.97 Å². The zero-order valence-electron chi connectivity index (χ0n) is 11.3. The minimum absolute atomic E-state index is 0.221. The Balaban J connectivity index is 3.06. The van der Waals surface area contributed by atoms with E-state index < -0.39 is 18.0 Å². The largest absolute Gasteiger partial charge is 0.464 e. The number of hydrogen-bond acceptors (Lipinski definition) is 5. The average Bonchev–Trinajstić information content (AvgIpc) is 2.29.